The number of amides is 1. The molecule has 0 spiro atoms. The second-order valence-corrected chi connectivity index (χ2v) is 6.05. The molecule has 1 fully saturated rings. The van der Waals surface area contributed by atoms with Crippen LogP contribution in [-0.4, -0.2) is 37.0 Å². The van der Waals surface area contributed by atoms with Gasteiger partial charge in [-0.15, -0.1) is 0 Å². The van der Waals surface area contributed by atoms with Gasteiger partial charge in [0.05, 0.1) is 13.2 Å². The second-order valence-electron chi connectivity index (χ2n) is 6.05. The molecule has 1 N–H and O–H groups in total. The molecule has 0 aromatic heterocycles. The Bertz CT molecular complexity index is 459. The van der Waals surface area contributed by atoms with Crippen LogP contribution in [0.2, 0.25) is 0 Å². The van der Waals surface area contributed by atoms with Crippen molar-refractivity contribution in [2.24, 2.45) is 0 Å². The lowest BCUT2D eigenvalue weighted by Gasteiger charge is -2.34. The van der Waals surface area contributed by atoms with Crippen molar-refractivity contribution in [2.75, 3.05) is 20.2 Å². The maximum Gasteiger partial charge on any atom is 0.234 e. The van der Waals surface area contributed by atoms with E-state index in [9.17, 15) is 4.79 Å². The average molecular weight is 304 g/mol. The Morgan fingerprint density at radius 3 is 2.68 bits per heavy atom. The number of carbonyl (C=O) groups excluding carboxylic acids is 1. The number of benzene rings is 1. The van der Waals surface area contributed by atoms with E-state index in [0.29, 0.717) is 25.7 Å². The van der Waals surface area contributed by atoms with Gasteiger partial charge < -0.3 is 10.1 Å². The SMILES string of the molecule is CCC1CCCCN1CC(=O)NCc1ccc(COC)cc1. The van der Waals surface area contributed by atoms with Crippen molar-refractivity contribution in [2.45, 2.75) is 51.8 Å². The van der Waals surface area contributed by atoms with Crippen molar-refractivity contribution < 1.29 is 9.53 Å². The Morgan fingerprint density at radius 1 is 1.27 bits per heavy atom. The standard InChI is InChI=1S/C18H28N2O2/c1-3-17-6-4-5-11-20(17)13-18(21)19-12-15-7-9-16(10-8-15)14-22-2/h7-10,17H,3-6,11-14H2,1-2H3,(H,19,21). The molecule has 0 aliphatic carbocycles. The van der Waals surface area contributed by atoms with Crippen LogP contribution in [0.15, 0.2) is 24.3 Å². The van der Waals surface area contributed by atoms with Gasteiger partial charge in [-0.1, -0.05) is 37.6 Å². The fourth-order valence-electron chi connectivity index (χ4n) is 3.09. The Kier molecular flexibility index (Phi) is 6.87. The number of piperidine rings is 1. The van der Waals surface area contributed by atoms with Crippen LogP contribution in [-0.2, 0) is 22.7 Å². The summed E-state index contributed by atoms with van der Waals surface area (Å²) >= 11 is 0. The van der Waals surface area contributed by atoms with Crippen molar-refractivity contribution in [3.05, 3.63) is 35.4 Å². The topological polar surface area (TPSA) is 41.6 Å². The van der Waals surface area contributed by atoms with Gasteiger partial charge in [-0.25, -0.2) is 0 Å². The maximum absolute atomic E-state index is 12.1. The van der Waals surface area contributed by atoms with E-state index in [1.165, 1.54) is 19.3 Å². The number of hydrogen-bond donors (Lipinski definition) is 1. The molecule has 1 unspecified atom stereocenters. The molecule has 1 saturated heterocycles. The van der Waals surface area contributed by atoms with Gasteiger partial charge in [0.25, 0.3) is 0 Å². The molecule has 1 aromatic rings. The van der Waals surface area contributed by atoms with Crippen LogP contribution in [0.1, 0.15) is 43.7 Å². The molecule has 2 rings (SSSR count). The summed E-state index contributed by atoms with van der Waals surface area (Å²) in [4.78, 5) is 14.5. The summed E-state index contributed by atoms with van der Waals surface area (Å²) in [6.07, 6.45) is 4.87. The molecule has 4 heteroatoms. The van der Waals surface area contributed by atoms with E-state index < -0.39 is 0 Å². The summed E-state index contributed by atoms with van der Waals surface area (Å²) in [5, 5.41) is 3.03. The van der Waals surface area contributed by atoms with Gasteiger partial charge in [-0.05, 0) is 36.9 Å². The normalized spacial score (nSPS) is 19.1. The highest BCUT2D eigenvalue weighted by atomic mass is 16.5. The van der Waals surface area contributed by atoms with Crippen molar-refractivity contribution in [1.82, 2.24) is 10.2 Å². The Morgan fingerprint density at radius 2 is 2.00 bits per heavy atom. The van der Waals surface area contributed by atoms with E-state index >= 15 is 0 Å². The fraction of sp³-hybridized carbons (Fsp3) is 0.611. The first kappa shape index (κ1) is 17.0. The van der Waals surface area contributed by atoms with Gasteiger partial charge >= 0.3 is 0 Å². The number of rotatable bonds is 7. The first-order valence-electron chi connectivity index (χ1n) is 8.30. The molecule has 1 aliphatic heterocycles. The lowest BCUT2D eigenvalue weighted by molar-refractivity contribution is -0.123. The first-order chi connectivity index (χ1) is 10.7. The molecule has 0 radical (unpaired) electrons. The summed E-state index contributed by atoms with van der Waals surface area (Å²) in [6.45, 7) is 5.01. The van der Waals surface area contributed by atoms with Gasteiger partial charge in [0.1, 0.15) is 0 Å². The number of likely N-dealkylation sites (tertiary alicyclic amines) is 1. The number of nitrogens with zero attached hydrogens (tertiary/aromatic N) is 1. The van der Waals surface area contributed by atoms with E-state index in [-0.39, 0.29) is 5.91 Å². The molecule has 1 aliphatic rings. The van der Waals surface area contributed by atoms with Crippen LogP contribution >= 0.6 is 0 Å². The molecule has 1 aromatic carbocycles. The number of nitrogens with one attached hydrogen (secondary N) is 1. The minimum absolute atomic E-state index is 0.126. The van der Waals surface area contributed by atoms with Crippen LogP contribution in [0.4, 0.5) is 0 Å². The minimum atomic E-state index is 0.126. The second kappa shape index (κ2) is 8.91. The van der Waals surface area contributed by atoms with Crippen LogP contribution in [0.3, 0.4) is 0 Å². The molecule has 0 bridgehead atoms. The van der Waals surface area contributed by atoms with Gasteiger partial charge in [0.15, 0.2) is 0 Å². The highest BCUT2D eigenvalue weighted by Crippen LogP contribution is 2.18. The third-order valence-electron chi connectivity index (χ3n) is 4.39. The molecule has 22 heavy (non-hydrogen) atoms. The van der Waals surface area contributed by atoms with Crippen molar-refractivity contribution in [3.8, 4) is 0 Å². The Balaban J connectivity index is 1.77. The summed E-state index contributed by atoms with van der Waals surface area (Å²) in [5.41, 5.74) is 2.27. The molecule has 4 nitrogen and oxygen atoms in total. The van der Waals surface area contributed by atoms with Gasteiger partial charge in [-0.2, -0.15) is 0 Å². The zero-order chi connectivity index (χ0) is 15.8. The minimum Gasteiger partial charge on any atom is -0.380 e. The van der Waals surface area contributed by atoms with E-state index in [1.807, 2.05) is 24.3 Å². The van der Waals surface area contributed by atoms with Crippen molar-refractivity contribution >= 4 is 5.91 Å². The number of methoxy groups -OCH3 is 1. The van der Waals surface area contributed by atoms with Gasteiger partial charge in [-0.3, -0.25) is 9.69 Å². The molecule has 1 atom stereocenters. The zero-order valence-corrected chi connectivity index (χ0v) is 13.8. The highest BCUT2D eigenvalue weighted by Gasteiger charge is 2.22. The predicted octanol–water partition coefficient (Wildman–Crippen LogP) is 2.71. The van der Waals surface area contributed by atoms with Crippen molar-refractivity contribution in [3.63, 3.8) is 0 Å². The predicted molar refractivity (Wildman–Crippen MR) is 88.5 cm³/mol. The van der Waals surface area contributed by atoms with E-state index in [0.717, 1.165) is 24.1 Å². The molecule has 0 saturated carbocycles. The summed E-state index contributed by atoms with van der Waals surface area (Å²) in [5.74, 6) is 0.126. The summed E-state index contributed by atoms with van der Waals surface area (Å²) < 4.78 is 5.10. The molecule has 1 amide bonds. The van der Waals surface area contributed by atoms with E-state index in [2.05, 4.69) is 17.1 Å². The lowest BCUT2D eigenvalue weighted by Crippen LogP contribution is -2.45. The largest absolute Gasteiger partial charge is 0.380 e. The van der Waals surface area contributed by atoms with Crippen LogP contribution in [0.25, 0.3) is 0 Å². The molecule has 1 heterocycles. The number of hydrogen-bond acceptors (Lipinski definition) is 3. The van der Waals surface area contributed by atoms with Gasteiger partial charge in [0.2, 0.25) is 5.91 Å². The molecular formula is C18H28N2O2. The monoisotopic (exact) mass is 304 g/mol. The third-order valence-corrected chi connectivity index (χ3v) is 4.39. The Hall–Kier alpha value is -1.39. The quantitative estimate of drug-likeness (QED) is 0.842. The maximum atomic E-state index is 12.1. The van der Waals surface area contributed by atoms with Crippen LogP contribution in [0.5, 0.6) is 0 Å². The smallest absolute Gasteiger partial charge is 0.234 e. The first-order valence-corrected chi connectivity index (χ1v) is 8.30. The molecule has 122 valence electrons. The van der Waals surface area contributed by atoms with Crippen molar-refractivity contribution in [1.29, 1.82) is 0 Å². The fourth-order valence-corrected chi connectivity index (χ4v) is 3.09. The molecular weight excluding hydrogens is 276 g/mol. The average Bonchev–Trinajstić information content (AvgIpc) is 2.55. The lowest BCUT2D eigenvalue weighted by atomic mass is 10.00. The van der Waals surface area contributed by atoms with E-state index in [1.54, 1.807) is 7.11 Å². The van der Waals surface area contributed by atoms with Gasteiger partial charge in [0, 0.05) is 19.7 Å². The summed E-state index contributed by atoms with van der Waals surface area (Å²) in [7, 11) is 1.69. The number of ether oxygens (including phenoxy) is 1. The third kappa shape index (κ3) is 5.11. The van der Waals surface area contributed by atoms with E-state index in [4.69, 9.17) is 4.74 Å². The highest BCUT2D eigenvalue weighted by molar-refractivity contribution is 5.78. The summed E-state index contributed by atoms with van der Waals surface area (Å²) in [6, 6.07) is 8.76. The van der Waals surface area contributed by atoms with Crippen LogP contribution in [0, 0.1) is 0 Å². The number of carbonyl (C=O) groups is 1. The Labute approximate surface area is 133 Å². The van der Waals surface area contributed by atoms with Crippen LogP contribution < -0.4 is 5.32 Å². The zero-order valence-electron chi connectivity index (χ0n) is 13.8.